The Morgan fingerprint density at radius 1 is 1.21 bits per heavy atom. The summed E-state index contributed by atoms with van der Waals surface area (Å²) in [4.78, 5) is 6.05. The summed E-state index contributed by atoms with van der Waals surface area (Å²) in [6, 6.07) is 14.1. The topological polar surface area (TPSA) is 63.5 Å². The van der Waals surface area contributed by atoms with Crippen molar-refractivity contribution in [2.24, 2.45) is 4.99 Å². The first-order valence-corrected chi connectivity index (χ1v) is 10.3. The van der Waals surface area contributed by atoms with E-state index in [2.05, 4.69) is 52.1 Å². The SMILES string of the molecule is CCNC(=NCc1ccn(-c2ccc(OC)cc2)n1)NCC(C)c1cccs1.I. The molecule has 156 valence electrons. The van der Waals surface area contributed by atoms with E-state index in [4.69, 9.17) is 4.74 Å². The van der Waals surface area contributed by atoms with Gasteiger partial charge in [0.15, 0.2) is 5.96 Å². The third-order valence-corrected chi connectivity index (χ3v) is 5.43. The molecule has 2 aromatic heterocycles. The van der Waals surface area contributed by atoms with Crippen molar-refractivity contribution in [2.45, 2.75) is 26.3 Å². The van der Waals surface area contributed by atoms with Crippen LogP contribution in [0.1, 0.15) is 30.3 Å². The summed E-state index contributed by atoms with van der Waals surface area (Å²) in [6.45, 7) is 6.47. The first-order chi connectivity index (χ1) is 13.7. The molecule has 1 atom stereocenters. The highest BCUT2D eigenvalue weighted by Crippen LogP contribution is 2.19. The Bertz CT molecular complexity index is 877. The minimum atomic E-state index is 0. The maximum atomic E-state index is 5.20. The third-order valence-electron chi connectivity index (χ3n) is 4.33. The van der Waals surface area contributed by atoms with Crippen LogP contribution in [0.15, 0.2) is 59.0 Å². The van der Waals surface area contributed by atoms with Gasteiger partial charge >= 0.3 is 0 Å². The van der Waals surface area contributed by atoms with Crippen LogP contribution in [0.2, 0.25) is 0 Å². The summed E-state index contributed by atoms with van der Waals surface area (Å²) in [6.07, 6.45) is 1.95. The minimum Gasteiger partial charge on any atom is -0.497 e. The van der Waals surface area contributed by atoms with Crippen LogP contribution in [-0.4, -0.2) is 35.9 Å². The second-order valence-electron chi connectivity index (χ2n) is 6.44. The van der Waals surface area contributed by atoms with Gasteiger partial charge in [-0.1, -0.05) is 13.0 Å². The number of aliphatic imine (C=N–C) groups is 1. The molecular formula is C21H28IN5OS. The number of nitrogens with one attached hydrogen (secondary N) is 2. The van der Waals surface area contributed by atoms with Crippen LogP contribution in [0.25, 0.3) is 5.69 Å². The number of aromatic nitrogens is 2. The first kappa shape index (κ1) is 23.2. The number of guanidine groups is 1. The predicted molar refractivity (Wildman–Crippen MR) is 131 cm³/mol. The van der Waals surface area contributed by atoms with Gasteiger partial charge in [0.2, 0.25) is 0 Å². The van der Waals surface area contributed by atoms with Crippen molar-refractivity contribution in [1.29, 1.82) is 0 Å². The first-order valence-electron chi connectivity index (χ1n) is 9.44. The fraction of sp³-hybridized carbons (Fsp3) is 0.333. The second-order valence-corrected chi connectivity index (χ2v) is 7.42. The monoisotopic (exact) mass is 525 g/mol. The van der Waals surface area contributed by atoms with E-state index in [-0.39, 0.29) is 24.0 Å². The maximum absolute atomic E-state index is 5.20. The molecule has 3 aromatic rings. The fourth-order valence-corrected chi connectivity index (χ4v) is 3.54. The van der Waals surface area contributed by atoms with Crippen LogP contribution in [0, 0.1) is 0 Å². The Hall–Kier alpha value is -2.07. The van der Waals surface area contributed by atoms with Crippen molar-refractivity contribution in [3.63, 3.8) is 0 Å². The van der Waals surface area contributed by atoms with Crippen molar-refractivity contribution < 1.29 is 4.74 Å². The molecular weight excluding hydrogens is 497 g/mol. The second kappa shape index (κ2) is 11.8. The molecule has 6 nitrogen and oxygen atoms in total. The molecule has 0 fully saturated rings. The maximum Gasteiger partial charge on any atom is 0.191 e. The summed E-state index contributed by atoms with van der Waals surface area (Å²) < 4.78 is 7.05. The molecule has 0 spiro atoms. The normalized spacial score (nSPS) is 12.2. The number of hydrogen-bond acceptors (Lipinski definition) is 4. The fourth-order valence-electron chi connectivity index (χ4n) is 2.75. The van der Waals surface area contributed by atoms with Crippen molar-refractivity contribution >= 4 is 41.3 Å². The molecule has 8 heteroatoms. The Morgan fingerprint density at radius 2 is 2.00 bits per heavy atom. The van der Waals surface area contributed by atoms with E-state index < -0.39 is 0 Å². The summed E-state index contributed by atoms with van der Waals surface area (Å²) in [7, 11) is 1.66. The molecule has 0 amide bonds. The highest BCUT2D eigenvalue weighted by molar-refractivity contribution is 14.0. The number of halogens is 1. The minimum absolute atomic E-state index is 0. The molecule has 2 N–H and O–H groups in total. The lowest BCUT2D eigenvalue weighted by Gasteiger charge is -2.14. The van der Waals surface area contributed by atoms with Crippen molar-refractivity contribution in [3.8, 4) is 11.4 Å². The summed E-state index contributed by atoms with van der Waals surface area (Å²) in [5, 5.41) is 13.5. The quantitative estimate of drug-likeness (QED) is 0.260. The van der Waals surface area contributed by atoms with Gasteiger partial charge in [-0.25, -0.2) is 9.67 Å². The molecule has 0 radical (unpaired) electrons. The van der Waals surface area contributed by atoms with Crippen LogP contribution in [0.3, 0.4) is 0 Å². The largest absolute Gasteiger partial charge is 0.497 e. The number of nitrogens with zero attached hydrogens (tertiary/aromatic N) is 3. The lowest BCUT2D eigenvalue weighted by atomic mass is 10.1. The van der Waals surface area contributed by atoms with E-state index in [1.807, 2.05) is 41.2 Å². The zero-order chi connectivity index (χ0) is 19.8. The lowest BCUT2D eigenvalue weighted by molar-refractivity contribution is 0.414. The lowest BCUT2D eigenvalue weighted by Crippen LogP contribution is -2.39. The molecule has 1 unspecified atom stereocenters. The van der Waals surface area contributed by atoms with E-state index in [0.29, 0.717) is 12.5 Å². The average molecular weight is 525 g/mol. The molecule has 0 saturated heterocycles. The van der Waals surface area contributed by atoms with Crippen molar-refractivity contribution in [2.75, 3.05) is 20.2 Å². The number of ether oxygens (including phenoxy) is 1. The van der Waals surface area contributed by atoms with E-state index in [1.54, 1.807) is 18.4 Å². The number of thiophene rings is 1. The van der Waals surface area contributed by atoms with Crippen LogP contribution in [0.4, 0.5) is 0 Å². The zero-order valence-corrected chi connectivity index (χ0v) is 20.1. The highest BCUT2D eigenvalue weighted by Gasteiger charge is 2.08. The summed E-state index contributed by atoms with van der Waals surface area (Å²) in [5.74, 6) is 2.09. The predicted octanol–water partition coefficient (Wildman–Crippen LogP) is 4.42. The number of benzene rings is 1. The van der Waals surface area contributed by atoms with Gasteiger partial charge in [0.1, 0.15) is 5.75 Å². The number of methoxy groups -OCH3 is 1. The van der Waals surface area contributed by atoms with Gasteiger partial charge in [-0.05, 0) is 48.7 Å². The van der Waals surface area contributed by atoms with Crippen LogP contribution in [0.5, 0.6) is 5.75 Å². The van der Waals surface area contributed by atoms with Crippen molar-refractivity contribution in [3.05, 3.63) is 64.6 Å². The smallest absolute Gasteiger partial charge is 0.191 e. The molecule has 0 aliphatic rings. The zero-order valence-electron chi connectivity index (χ0n) is 17.0. The Labute approximate surface area is 193 Å². The number of hydrogen-bond donors (Lipinski definition) is 2. The van der Waals surface area contributed by atoms with Crippen LogP contribution >= 0.6 is 35.3 Å². The Morgan fingerprint density at radius 3 is 2.66 bits per heavy atom. The molecule has 3 rings (SSSR count). The molecule has 1 aromatic carbocycles. The molecule has 29 heavy (non-hydrogen) atoms. The van der Waals surface area contributed by atoms with Crippen LogP contribution < -0.4 is 15.4 Å². The summed E-state index contributed by atoms with van der Waals surface area (Å²) >= 11 is 1.79. The van der Waals surface area contributed by atoms with Gasteiger partial charge in [-0.15, -0.1) is 35.3 Å². The standard InChI is InChI=1S/C21H27N5OS.HI/c1-4-22-21(23-14-16(2)20-6-5-13-28-20)24-15-17-11-12-26(25-17)18-7-9-19(27-3)10-8-18;/h5-13,16H,4,14-15H2,1-3H3,(H2,22,23,24);1H. The van der Waals surface area contributed by atoms with Gasteiger partial charge in [-0.2, -0.15) is 5.10 Å². The van der Waals surface area contributed by atoms with Gasteiger partial charge < -0.3 is 15.4 Å². The van der Waals surface area contributed by atoms with Gasteiger partial charge in [-0.3, -0.25) is 0 Å². The van der Waals surface area contributed by atoms with Crippen molar-refractivity contribution in [1.82, 2.24) is 20.4 Å². The van der Waals surface area contributed by atoms with E-state index >= 15 is 0 Å². The van der Waals surface area contributed by atoms with Gasteiger partial charge in [0.05, 0.1) is 25.0 Å². The summed E-state index contributed by atoms with van der Waals surface area (Å²) in [5.41, 5.74) is 1.91. The average Bonchev–Trinajstić information content (AvgIpc) is 3.42. The molecule has 0 aliphatic carbocycles. The molecule has 2 heterocycles. The number of rotatable bonds is 8. The Balaban J connectivity index is 0.00000300. The third kappa shape index (κ3) is 6.74. The highest BCUT2D eigenvalue weighted by atomic mass is 127. The van der Waals surface area contributed by atoms with E-state index in [9.17, 15) is 0 Å². The molecule has 0 bridgehead atoms. The Kier molecular flexibility index (Phi) is 9.46. The van der Waals surface area contributed by atoms with E-state index in [0.717, 1.165) is 36.2 Å². The molecule has 0 aliphatic heterocycles. The van der Waals surface area contributed by atoms with E-state index in [1.165, 1.54) is 4.88 Å². The van der Waals surface area contributed by atoms with Crippen LogP contribution in [-0.2, 0) is 6.54 Å². The van der Waals surface area contributed by atoms with Gasteiger partial charge in [0, 0.05) is 30.1 Å². The van der Waals surface area contributed by atoms with Gasteiger partial charge in [0.25, 0.3) is 0 Å². The molecule has 0 saturated carbocycles.